The lowest BCUT2D eigenvalue weighted by Crippen LogP contribution is -2.23. The van der Waals surface area contributed by atoms with E-state index in [1.165, 1.54) is 96.3 Å². The third-order valence-electron chi connectivity index (χ3n) is 4.92. The number of hydrogen-bond donors (Lipinski definition) is 1. The highest BCUT2D eigenvalue weighted by Gasteiger charge is 2.13. The Labute approximate surface area is 147 Å². The van der Waals surface area contributed by atoms with Crippen LogP contribution in [0.25, 0.3) is 0 Å². The molecule has 0 saturated carbocycles. The number of unbranched alkanes of at least 4 members (excludes halogenated alkanes) is 12. The van der Waals surface area contributed by atoms with E-state index in [9.17, 15) is 0 Å². The highest BCUT2D eigenvalue weighted by molar-refractivity contribution is 4.81. The molecule has 0 aromatic heterocycles. The molecular formula is C22H45N. The zero-order valence-corrected chi connectivity index (χ0v) is 16.5. The van der Waals surface area contributed by atoms with Crippen molar-refractivity contribution in [2.45, 2.75) is 117 Å². The van der Waals surface area contributed by atoms with E-state index in [0.717, 1.165) is 6.54 Å². The van der Waals surface area contributed by atoms with Gasteiger partial charge in [-0.1, -0.05) is 97.1 Å². The second-order valence-electron chi connectivity index (χ2n) is 8.06. The molecule has 0 spiro atoms. The second-order valence-corrected chi connectivity index (χ2v) is 8.06. The molecule has 0 aromatic carbocycles. The van der Waals surface area contributed by atoms with Gasteiger partial charge in [-0.05, 0) is 44.1 Å². The first-order valence-electron chi connectivity index (χ1n) is 10.5. The molecule has 1 heteroatoms. The van der Waals surface area contributed by atoms with Crippen molar-refractivity contribution in [3.05, 3.63) is 12.2 Å². The summed E-state index contributed by atoms with van der Waals surface area (Å²) in [5.41, 5.74) is 6.11. The predicted octanol–water partition coefficient (Wildman–Crippen LogP) is 7.40. The Balaban J connectivity index is 3.16. The van der Waals surface area contributed by atoms with Crippen molar-refractivity contribution in [1.82, 2.24) is 0 Å². The van der Waals surface area contributed by atoms with Gasteiger partial charge in [0.2, 0.25) is 0 Å². The van der Waals surface area contributed by atoms with E-state index in [0.29, 0.717) is 5.41 Å². The maximum Gasteiger partial charge on any atom is -0.00258 e. The van der Waals surface area contributed by atoms with Gasteiger partial charge >= 0.3 is 0 Å². The van der Waals surface area contributed by atoms with Crippen LogP contribution in [0, 0.1) is 5.41 Å². The maximum absolute atomic E-state index is 5.77. The molecule has 0 aromatic rings. The summed E-state index contributed by atoms with van der Waals surface area (Å²) in [6.45, 7) is 7.67. The number of hydrogen-bond acceptors (Lipinski definition) is 1. The average Bonchev–Trinajstić information content (AvgIpc) is 2.54. The van der Waals surface area contributed by atoms with E-state index < -0.39 is 0 Å². The zero-order chi connectivity index (χ0) is 17.2. The first-order valence-corrected chi connectivity index (χ1v) is 10.5. The largest absolute Gasteiger partial charge is 0.330 e. The quantitative estimate of drug-likeness (QED) is 0.219. The monoisotopic (exact) mass is 323 g/mol. The Morgan fingerprint density at radius 3 is 1.57 bits per heavy atom. The van der Waals surface area contributed by atoms with Gasteiger partial charge < -0.3 is 5.73 Å². The van der Waals surface area contributed by atoms with Gasteiger partial charge in [0.05, 0.1) is 0 Å². The van der Waals surface area contributed by atoms with Gasteiger partial charge in [-0.2, -0.15) is 0 Å². The van der Waals surface area contributed by atoms with Gasteiger partial charge in [0.1, 0.15) is 0 Å². The molecular weight excluding hydrogens is 278 g/mol. The molecule has 0 aliphatic rings. The Kier molecular flexibility index (Phi) is 16.3. The topological polar surface area (TPSA) is 26.0 Å². The molecule has 0 atom stereocenters. The van der Waals surface area contributed by atoms with Gasteiger partial charge in [-0.3, -0.25) is 0 Å². The van der Waals surface area contributed by atoms with Gasteiger partial charge in [-0.25, -0.2) is 0 Å². The molecule has 0 fully saturated rings. The molecule has 0 radical (unpaired) electrons. The van der Waals surface area contributed by atoms with Crippen molar-refractivity contribution >= 4 is 0 Å². The fourth-order valence-electron chi connectivity index (χ4n) is 2.95. The Bertz CT molecular complexity index is 255. The maximum atomic E-state index is 5.77. The molecule has 2 N–H and O–H groups in total. The Morgan fingerprint density at radius 1 is 0.652 bits per heavy atom. The molecule has 0 saturated heterocycles. The number of nitrogens with two attached hydrogens (primary N) is 1. The van der Waals surface area contributed by atoms with Crippen LogP contribution in [0.3, 0.4) is 0 Å². The average molecular weight is 324 g/mol. The van der Waals surface area contributed by atoms with Crippen LogP contribution >= 0.6 is 0 Å². The van der Waals surface area contributed by atoms with Crippen molar-refractivity contribution in [1.29, 1.82) is 0 Å². The van der Waals surface area contributed by atoms with Crippen molar-refractivity contribution in [2.75, 3.05) is 6.54 Å². The second kappa shape index (κ2) is 16.6. The molecule has 138 valence electrons. The lowest BCUT2D eigenvalue weighted by Gasteiger charge is -2.21. The van der Waals surface area contributed by atoms with Gasteiger partial charge in [0.25, 0.3) is 0 Å². The third kappa shape index (κ3) is 17.9. The molecule has 0 aliphatic carbocycles. The van der Waals surface area contributed by atoms with Crippen molar-refractivity contribution in [3.63, 3.8) is 0 Å². The standard InChI is InChI=1S/C22H45N/c1-4-5-6-7-8-9-10-11-12-13-14-15-16-17-18-19-20-22(2,3)21-23/h11-12H,4-10,13-21,23H2,1-3H3/b12-11+. The molecule has 0 aliphatic heterocycles. The van der Waals surface area contributed by atoms with Crippen molar-refractivity contribution in [2.24, 2.45) is 11.1 Å². The number of rotatable bonds is 17. The highest BCUT2D eigenvalue weighted by Crippen LogP contribution is 2.22. The third-order valence-corrected chi connectivity index (χ3v) is 4.92. The predicted molar refractivity (Wildman–Crippen MR) is 107 cm³/mol. The first-order chi connectivity index (χ1) is 11.1. The minimum atomic E-state index is 0.348. The minimum absolute atomic E-state index is 0.348. The van der Waals surface area contributed by atoms with Gasteiger partial charge in [-0.15, -0.1) is 0 Å². The molecule has 0 heterocycles. The lowest BCUT2D eigenvalue weighted by molar-refractivity contribution is 0.330. The van der Waals surface area contributed by atoms with Crippen LogP contribution in [0.15, 0.2) is 12.2 Å². The summed E-state index contributed by atoms with van der Waals surface area (Å²) in [4.78, 5) is 0. The lowest BCUT2D eigenvalue weighted by atomic mass is 9.87. The van der Waals surface area contributed by atoms with E-state index in [2.05, 4.69) is 32.9 Å². The first kappa shape index (κ1) is 22.7. The number of allylic oxidation sites excluding steroid dienone is 2. The summed E-state index contributed by atoms with van der Waals surface area (Å²) in [5, 5.41) is 0. The SMILES string of the molecule is CCCCCCCC/C=C/CCCCCCCCC(C)(C)CN. The summed E-state index contributed by atoms with van der Waals surface area (Å²) in [6, 6.07) is 0. The van der Waals surface area contributed by atoms with Crippen LogP contribution in [0.1, 0.15) is 117 Å². The van der Waals surface area contributed by atoms with Crippen LogP contribution in [0.5, 0.6) is 0 Å². The van der Waals surface area contributed by atoms with E-state index in [-0.39, 0.29) is 0 Å². The van der Waals surface area contributed by atoms with Crippen LogP contribution in [0.4, 0.5) is 0 Å². The summed E-state index contributed by atoms with van der Waals surface area (Å²) in [5.74, 6) is 0. The summed E-state index contributed by atoms with van der Waals surface area (Å²) in [6.07, 6.45) is 25.5. The Hall–Kier alpha value is -0.300. The van der Waals surface area contributed by atoms with Gasteiger partial charge in [0, 0.05) is 0 Å². The molecule has 0 unspecified atom stereocenters. The summed E-state index contributed by atoms with van der Waals surface area (Å²) < 4.78 is 0. The van der Waals surface area contributed by atoms with E-state index in [1.54, 1.807) is 0 Å². The summed E-state index contributed by atoms with van der Waals surface area (Å²) in [7, 11) is 0. The molecule has 0 rings (SSSR count). The molecule has 1 nitrogen and oxygen atoms in total. The van der Waals surface area contributed by atoms with Crippen LogP contribution in [-0.4, -0.2) is 6.54 Å². The van der Waals surface area contributed by atoms with E-state index in [4.69, 9.17) is 5.73 Å². The fourth-order valence-corrected chi connectivity index (χ4v) is 2.95. The fraction of sp³-hybridized carbons (Fsp3) is 0.909. The molecule has 0 amide bonds. The van der Waals surface area contributed by atoms with Gasteiger partial charge in [0.15, 0.2) is 0 Å². The minimum Gasteiger partial charge on any atom is -0.330 e. The van der Waals surface area contributed by atoms with Crippen LogP contribution in [0.2, 0.25) is 0 Å². The molecule has 23 heavy (non-hydrogen) atoms. The normalized spacial score (nSPS) is 12.3. The molecule has 0 bridgehead atoms. The summed E-state index contributed by atoms with van der Waals surface area (Å²) >= 11 is 0. The van der Waals surface area contributed by atoms with E-state index in [1.807, 2.05) is 0 Å². The van der Waals surface area contributed by atoms with Crippen LogP contribution < -0.4 is 5.73 Å². The zero-order valence-electron chi connectivity index (χ0n) is 16.5. The highest BCUT2D eigenvalue weighted by atomic mass is 14.6. The van der Waals surface area contributed by atoms with Crippen molar-refractivity contribution < 1.29 is 0 Å². The van der Waals surface area contributed by atoms with Crippen LogP contribution in [-0.2, 0) is 0 Å². The van der Waals surface area contributed by atoms with E-state index >= 15 is 0 Å². The van der Waals surface area contributed by atoms with Crippen molar-refractivity contribution in [3.8, 4) is 0 Å². The Morgan fingerprint density at radius 2 is 1.09 bits per heavy atom. The smallest absolute Gasteiger partial charge is 0.00258 e.